The molecule has 5 nitrogen and oxygen atoms in total. The Morgan fingerprint density at radius 1 is 1.06 bits per heavy atom. The molecule has 0 saturated carbocycles. The Morgan fingerprint density at radius 3 is 2.39 bits per heavy atom. The van der Waals surface area contributed by atoms with Crippen LogP contribution in [0.25, 0.3) is 6.08 Å². The monoisotopic (exact) mass is 457 g/mol. The smallest absolute Gasteiger partial charge is 0.263 e. The average Bonchev–Trinajstić information content (AvgIpc) is 3.04. The Morgan fingerprint density at radius 2 is 1.77 bits per heavy atom. The van der Waals surface area contributed by atoms with Gasteiger partial charge in [-0.1, -0.05) is 69.0 Å². The summed E-state index contributed by atoms with van der Waals surface area (Å²) in [4.78, 5) is 12.5. The highest BCUT2D eigenvalue weighted by Crippen LogP contribution is 2.35. The largest absolute Gasteiger partial charge is 0.493 e. The maximum absolute atomic E-state index is 12.0. The summed E-state index contributed by atoms with van der Waals surface area (Å²) in [5, 5.41) is 2.62. The molecule has 0 aromatic heterocycles. The number of thioether (sulfide) groups is 1. The first-order valence-corrected chi connectivity index (χ1v) is 11.3. The summed E-state index contributed by atoms with van der Waals surface area (Å²) < 4.78 is 17.7. The van der Waals surface area contributed by atoms with Gasteiger partial charge in [-0.05, 0) is 35.3 Å². The average molecular weight is 458 g/mol. The van der Waals surface area contributed by atoms with Crippen LogP contribution in [0.5, 0.6) is 17.2 Å². The van der Waals surface area contributed by atoms with Crippen LogP contribution in [0.3, 0.4) is 0 Å². The predicted molar refractivity (Wildman–Crippen MR) is 130 cm³/mol. The Kier molecular flexibility index (Phi) is 7.62. The lowest BCUT2D eigenvalue weighted by atomic mass is 9.87. The van der Waals surface area contributed by atoms with E-state index >= 15 is 0 Å². The molecule has 164 valence electrons. The van der Waals surface area contributed by atoms with Crippen LogP contribution in [-0.4, -0.2) is 30.6 Å². The fourth-order valence-corrected chi connectivity index (χ4v) is 4.03. The van der Waals surface area contributed by atoms with Gasteiger partial charge in [0.1, 0.15) is 10.1 Å². The summed E-state index contributed by atoms with van der Waals surface area (Å²) >= 11 is 6.29. The number of carbonyl (C=O) groups is 1. The van der Waals surface area contributed by atoms with Crippen LogP contribution in [0, 0.1) is 0 Å². The van der Waals surface area contributed by atoms with Crippen molar-refractivity contribution in [1.29, 1.82) is 0 Å². The predicted octanol–water partition coefficient (Wildman–Crippen LogP) is 5.33. The lowest BCUT2D eigenvalue weighted by Gasteiger charge is -2.19. The normalized spacial score (nSPS) is 15.2. The molecular weight excluding hydrogens is 430 g/mol. The highest BCUT2D eigenvalue weighted by atomic mass is 32.2. The SMILES string of the molecule is COc1cccc(/C=C2/SC(=S)NC2=O)c1OCCCOc1ccc(C(C)(C)C)cc1. The molecule has 0 spiro atoms. The summed E-state index contributed by atoms with van der Waals surface area (Å²) in [5.74, 6) is 1.85. The number of hydrogen-bond donors (Lipinski definition) is 1. The molecule has 1 amide bonds. The number of thiocarbonyl (C=S) groups is 1. The van der Waals surface area contributed by atoms with Crippen LogP contribution in [0.1, 0.15) is 38.3 Å². The summed E-state index contributed by atoms with van der Waals surface area (Å²) in [6.07, 6.45) is 2.47. The van der Waals surface area contributed by atoms with E-state index in [1.807, 2.05) is 30.3 Å². The molecule has 1 aliphatic heterocycles. The zero-order valence-corrected chi connectivity index (χ0v) is 19.8. The van der Waals surface area contributed by atoms with E-state index in [0.717, 1.165) is 11.3 Å². The minimum Gasteiger partial charge on any atom is -0.493 e. The van der Waals surface area contributed by atoms with Crippen LogP contribution in [0.4, 0.5) is 0 Å². The molecule has 0 radical (unpaired) electrons. The maximum Gasteiger partial charge on any atom is 0.263 e. The minimum absolute atomic E-state index is 0.122. The molecule has 2 aromatic carbocycles. The number of nitrogens with one attached hydrogen (secondary N) is 1. The second-order valence-corrected chi connectivity index (χ2v) is 9.77. The van der Waals surface area contributed by atoms with Gasteiger partial charge in [-0.2, -0.15) is 0 Å². The van der Waals surface area contributed by atoms with Gasteiger partial charge in [0, 0.05) is 12.0 Å². The van der Waals surface area contributed by atoms with E-state index in [-0.39, 0.29) is 11.3 Å². The molecule has 3 rings (SSSR count). The Labute approximate surface area is 193 Å². The molecule has 0 unspecified atom stereocenters. The first kappa shape index (κ1) is 23.2. The van der Waals surface area contributed by atoms with Crippen molar-refractivity contribution in [2.45, 2.75) is 32.6 Å². The Hall–Kier alpha value is -2.51. The Bertz CT molecular complexity index is 978. The van der Waals surface area contributed by atoms with Gasteiger partial charge in [0.2, 0.25) is 0 Å². The van der Waals surface area contributed by atoms with Crippen molar-refractivity contribution in [1.82, 2.24) is 5.32 Å². The molecule has 1 N–H and O–H groups in total. The van der Waals surface area contributed by atoms with E-state index < -0.39 is 0 Å². The van der Waals surface area contributed by atoms with E-state index in [9.17, 15) is 4.79 Å². The lowest BCUT2D eigenvalue weighted by Crippen LogP contribution is -2.17. The van der Waals surface area contributed by atoms with Crippen LogP contribution in [0.15, 0.2) is 47.4 Å². The second-order valence-electron chi connectivity index (χ2n) is 8.06. The number of hydrogen-bond acceptors (Lipinski definition) is 6. The number of methoxy groups -OCH3 is 1. The fraction of sp³-hybridized carbons (Fsp3) is 0.333. The van der Waals surface area contributed by atoms with Crippen molar-refractivity contribution in [2.75, 3.05) is 20.3 Å². The van der Waals surface area contributed by atoms with Crippen molar-refractivity contribution >= 4 is 40.3 Å². The highest BCUT2D eigenvalue weighted by Gasteiger charge is 2.23. The van der Waals surface area contributed by atoms with Crippen LogP contribution < -0.4 is 19.5 Å². The van der Waals surface area contributed by atoms with Gasteiger partial charge in [0.25, 0.3) is 5.91 Å². The summed E-state index contributed by atoms with van der Waals surface area (Å²) in [7, 11) is 1.59. The van der Waals surface area contributed by atoms with Gasteiger partial charge in [-0.15, -0.1) is 0 Å². The van der Waals surface area contributed by atoms with Crippen LogP contribution in [-0.2, 0) is 10.2 Å². The molecule has 1 fully saturated rings. The number of amides is 1. The van der Waals surface area contributed by atoms with E-state index in [0.29, 0.717) is 40.4 Å². The number of benzene rings is 2. The van der Waals surface area contributed by atoms with Crippen molar-refractivity contribution in [3.63, 3.8) is 0 Å². The number of carbonyl (C=O) groups excluding carboxylic acids is 1. The zero-order valence-electron chi connectivity index (χ0n) is 18.2. The third-order valence-corrected chi connectivity index (χ3v) is 5.84. The number of rotatable bonds is 8. The van der Waals surface area contributed by atoms with Gasteiger partial charge in [0.15, 0.2) is 11.5 Å². The minimum atomic E-state index is -0.199. The summed E-state index contributed by atoms with van der Waals surface area (Å²) in [6, 6.07) is 13.8. The molecule has 1 aliphatic rings. The molecule has 0 atom stereocenters. The highest BCUT2D eigenvalue weighted by molar-refractivity contribution is 8.26. The first-order chi connectivity index (χ1) is 14.8. The van der Waals surface area contributed by atoms with Gasteiger partial charge < -0.3 is 19.5 Å². The standard InChI is InChI=1S/C24H27NO4S2/c1-24(2,3)17-9-11-18(12-10-17)28-13-6-14-29-21-16(7-5-8-19(21)27-4)15-20-22(26)25-23(30)31-20/h5,7-12,15H,6,13-14H2,1-4H3,(H,25,26,30)/b20-15+. The molecular formula is C24H27NO4S2. The van der Waals surface area contributed by atoms with Crippen LogP contribution >= 0.6 is 24.0 Å². The number of ether oxygens (including phenoxy) is 3. The zero-order chi connectivity index (χ0) is 22.4. The summed E-state index contributed by atoms with van der Waals surface area (Å²) in [6.45, 7) is 7.55. The first-order valence-electron chi connectivity index (χ1n) is 10.1. The fourth-order valence-electron chi connectivity index (χ4n) is 3.00. The molecule has 0 bridgehead atoms. The third kappa shape index (κ3) is 6.24. The van der Waals surface area contributed by atoms with E-state index in [1.165, 1.54) is 17.3 Å². The lowest BCUT2D eigenvalue weighted by molar-refractivity contribution is -0.115. The molecule has 0 aliphatic carbocycles. The topological polar surface area (TPSA) is 56.8 Å². The van der Waals surface area contributed by atoms with Gasteiger partial charge in [0.05, 0.1) is 25.2 Å². The van der Waals surface area contributed by atoms with Gasteiger partial charge >= 0.3 is 0 Å². The summed E-state index contributed by atoms with van der Waals surface area (Å²) in [5.41, 5.74) is 2.16. The quantitative estimate of drug-likeness (QED) is 0.329. The van der Waals surface area contributed by atoms with Crippen molar-refractivity contribution in [3.05, 3.63) is 58.5 Å². The molecule has 7 heteroatoms. The van der Waals surface area contributed by atoms with Gasteiger partial charge in [-0.3, -0.25) is 4.79 Å². The maximum atomic E-state index is 12.0. The molecule has 2 aromatic rings. The second kappa shape index (κ2) is 10.2. The van der Waals surface area contributed by atoms with Crippen LogP contribution in [0.2, 0.25) is 0 Å². The third-order valence-electron chi connectivity index (χ3n) is 4.68. The van der Waals surface area contributed by atoms with E-state index in [2.05, 4.69) is 38.2 Å². The molecule has 1 heterocycles. The van der Waals surface area contributed by atoms with Crippen molar-refractivity contribution in [2.24, 2.45) is 0 Å². The van der Waals surface area contributed by atoms with E-state index in [4.69, 9.17) is 26.4 Å². The van der Waals surface area contributed by atoms with Gasteiger partial charge in [-0.25, -0.2) is 0 Å². The van der Waals surface area contributed by atoms with Crippen molar-refractivity contribution < 1.29 is 19.0 Å². The molecule has 31 heavy (non-hydrogen) atoms. The Balaban J connectivity index is 1.58. The van der Waals surface area contributed by atoms with E-state index in [1.54, 1.807) is 13.2 Å². The number of para-hydroxylation sites is 1. The van der Waals surface area contributed by atoms with Crippen molar-refractivity contribution in [3.8, 4) is 17.2 Å². The molecule has 1 saturated heterocycles.